The second-order valence-corrected chi connectivity index (χ2v) is 7.31. The molecule has 0 spiro atoms. The summed E-state index contributed by atoms with van der Waals surface area (Å²) in [6.45, 7) is 3.61. The van der Waals surface area contributed by atoms with E-state index in [2.05, 4.69) is 5.32 Å². The van der Waals surface area contributed by atoms with Crippen molar-refractivity contribution in [1.29, 1.82) is 0 Å². The van der Waals surface area contributed by atoms with E-state index in [9.17, 15) is 35.9 Å². The van der Waals surface area contributed by atoms with E-state index in [0.29, 0.717) is 12.1 Å². The first-order chi connectivity index (χ1) is 14.7. The third-order valence-corrected chi connectivity index (χ3v) is 4.89. The largest absolute Gasteiger partial charge is 0.467 e. The highest BCUT2D eigenvalue weighted by Crippen LogP contribution is 2.36. The van der Waals surface area contributed by atoms with Crippen LogP contribution >= 0.6 is 0 Å². The van der Waals surface area contributed by atoms with Gasteiger partial charge in [0.25, 0.3) is 0 Å². The van der Waals surface area contributed by atoms with Crippen LogP contribution in [0.1, 0.15) is 33.4 Å². The highest BCUT2D eigenvalue weighted by Gasteiger charge is 2.37. The van der Waals surface area contributed by atoms with Crippen LogP contribution < -0.4 is 5.32 Å². The van der Waals surface area contributed by atoms with Gasteiger partial charge in [0.05, 0.1) is 24.7 Å². The van der Waals surface area contributed by atoms with Crippen molar-refractivity contribution < 1.29 is 40.7 Å². The van der Waals surface area contributed by atoms with Crippen molar-refractivity contribution in [2.24, 2.45) is 0 Å². The summed E-state index contributed by atoms with van der Waals surface area (Å²) in [6.07, 6.45) is -10.8. The molecular weight excluding hydrogens is 440 g/mol. The molecule has 0 fully saturated rings. The van der Waals surface area contributed by atoms with Crippen LogP contribution in [0.2, 0.25) is 0 Å². The molecule has 1 amide bonds. The highest BCUT2D eigenvalue weighted by molar-refractivity contribution is 5.86. The molecule has 174 valence electrons. The maximum Gasteiger partial charge on any atom is 0.416 e. The summed E-state index contributed by atoms with van der Waals surface area (Å²) >= 11 is 0. The Morgan fingerprint density at radius 1 is 0.938 bits per heavy atom. The van der Waals surface area contributed by atoms with Gasteiger partial charge in [0, 0.05) is 6.42 Å². The van der Waals surface area contributed by atoms with Gasteiger partial charge in [-0.1, -0.05) is 18.2 Å². The molecule has 0 radical (unpaired) electrons. The molecule has 0 aliphatic rings. The van der Waals surface area contributed by atoms with Crippen LogP contribution in [0.15, 0.2) is 36.4 Å². The predicted molar refractivity (Wildman–Crippen MR) is 104 cm³/mol. The van der Waals surface area contributed by atoms with Crippen LogP contribution in [-0.2, 0) is 39.5 Å². The average Bonchev–Trinajstić information content (AvgIpc) is 2.67. The van der Waals surface area contributed by atoms with Gasteiger partial charge in [0.15, 0.2) is 0 Å². The van der Waals surface area contributed by atoms with Crippen LogP contribution in [0.4, 0.5) is 26.3 Å². The first-order valence-electron chi connectivity index (χ1n) is 9.43. The summed E-state index contributed by atoms with van der Waals surface area (Å²) in [6, 6.07) is 5.20. The second-order valence-electron chi connectivity index (χ2n) is 7.31. The first kappa shape index (κ1) is 25.2. The van der Waals surface area contributed by atoms with Gasteiger partial charge < -0.3 is 10.1 Å². The number of nitrogens with one attached hydrogen (secondary N) is 1. The first-order valence-corrected chi connectivity index (χ1v) is 9.43. The van der Waals surface area contributed by atoms with Crippen molar-refractivity contribution in [2.45, 2.75) is 45.1 Å². The Kier molecular flexibility index (Phi) is 7.58. The minimum absolute atomic E-state index is 0.0143. The zero-order chi connectivity index (χ0) is 24.3. The van der Waals surface area contributed by atoms with Gasteiger partial charge in [-0.05, 0) is 54.3 Å². The maximum atomic E-state index is 13.0. The number of carbonyl (C=O) groups is 2. The molecule has 0 saturated heterocycles. The van der Waals surface area contributed by atoms with E-state index in [0.717, 1.165) is 23.8 Å². The lowest BCUT2D eigenvalue weighted by Gasteiger charge is -2.19. The van der Waals surface area contributed by atoms with E-state index in [1.165, 1.54) is 0 Å². The van der Waals surface area contributed by atoms with Crippen molar-refractivity contribution in [2.75, 3.05) is 7.11 Å². The number of aryl methyl sites for hydroxylation is 2. The number of hydrogen-bond acceptors (Lipinski definition) is 3. The molecule has 0 bridgehead atoms. The topological polar surface area (TPSA) is 55.4 Å². The maximum absolute atomic E-state index is 13.0. The van der Waals surface area contributed by atoms with Crippen molar-refractivity contribution >= 4 is 11.9 Å². The highest BCUT2D eigenvalue weighted by atomic mass is 19.4. The summed E-state index contributed by atoms with van der Waals surface area (Å²) in [5.41, 5.74) is -1.06. The monoisotopic (exact) mass is 461 g/mol. The summed E-state index contributed by atoms with van der Waals surface area (Å²) in [4.78, 5) is 24.6. The summed E-state index contributed by atoms with van der Waals surface area (Å²) in [5, 5.41) is 2.36. The van der Waals surface area contributed by atoms with Crippen molar-refractivity contribution in [3.8, 4) is 0 Å². The van der Waals surface area contributed by atoms with Crippen molar-refractivity contribution in [1.82, 2.24) is 5.32 Å². The fourth-order valence-electron chi connectivity index (χ4n) is 3.26. The second kappa shape index (κ2) is 9.62. The molecule has 2 aromatic rings. The fourth-order valence-corrected chi connectivity index (χ4v) is 3.26. The van der Waals surface area contributed by atoms with Gasteiger partial charge in [-0.25, -0.2) is 4.79 Å². The smallest absolute Gasteiger partial charge is 0.416 e. The third kappa shape index (κ3) is 6.48. The van der Waals surface area contributed by atoms with E-state index in [1.807, 2.05) is 6.07 Å². The number of ether oxygens (including phenoxy) is 1. The molecule has 1 atom stereocenters. The number of carbonyl (C=O) groups excluding carboxylic acids is 2. The SMILES string of the molecule is COC(=O)[C@@H](Cc1c(C)cccc1C)NC(=O)Cc1cc(C(F)(F)F)cc(C(F)(F)F)c1. The number of halogens is 6. The molecule has 4 nitrogen and oxygen atoms in total. The zero-order valence-electron chi connectivity index (χ0n) is 17.4. The lowest BCUT2D eigenvalue weighted by atomic mass is 9.96. The minimum Gasteiger partial charge on any atom is -0.467 e. The summed E-state index contributed by atoms with van der Waals surface area (Å²) < 4.78 is 82.8. The van der Waals surface area contributed by atoms with Gasteiger partial charge in [0.2, 0.25) is 5.91 Å². The molecule has 32 heavy (non-hydrogen) atoms. The van der Waals surface area contributed by atoms with E-state index in [4.69, 9.17) is 4.74 Å². The van der Waals surface area contributed by atoms with Gasteiger partial charge in [-0.3, -0.25) is 4.79 Å². The predicted octanol–water partition coefficient (Wildman–Crippen LogP) is 4.78. The van der Waals surface area contributed by atoms with E-state index >= 15 is 0 Å². The number of hydrogen-bond donors (Lipinski definition) is 1. The molecule has 0 aromatic heterocycles. The van der Waals surface area contributed by atoms with E-state index in [-0.39, 0.29) is 12.5 Å². The Morgan fingerprint density at radius 3 is 1.88 bits per heavy atom. The lowest BCUT2D eigenvalue weighted by molar-refractivity contribution is -0.145. The molecule has 0 aliphatic heterocycles. The molecule has 0 saturated carbocycles. The molecule has 10 heteroatoms. The van der Waals surface area contributed by atoms with E-state index < -0.39 is 53.4 Å². The van der Waals surface area contributed by atoms with Crippen LogP contribution in [-0.4, -0.2) is 25.0 Å². The van der Waals surface area contributed by atoms with Crippen molar-refractivity contribution in [3.05, 3.63) is 69.8 Å². The molecule has 0 unspecified atom stereocenters. The third-order valence-electron chi connectivity index (χ3n) is 4.89. The summed E-state index contributed by atoms with van der Waals surface area (Å²) in [5.74, 6) is -1.71. The standard InChI is InChI=1S/C22H21F6NO3/c1-12-5-4-6-13(2)17(12)11-18(20(31)32-3)29-19(30)9-14-7-15(21(23,24)25)10-16(8-14)22(26,27)28/h4-8,10,18H,9,11H2,1-3H3,(H,29,30)/t18-/m1/s1. The fraction of sp³-hybridized carbons (Fsp3) is 0.364. The molecule has 2 aromatic carbocycles. The molecular formula is C22H21F6NO3. The quantitative estimate of drug-likeness (QED) is 0.498. The Balaban J connectivity index is 2.29. The Morgan fingerprint density at radius 2 is 1.44 bits per heavy atom. The van der Waals surface area contributed by atoms with Gasteiger partial charge in [0.1, 0.15) is 6.04 Å². The molecule has 2 rings (SSSR count). The Labute approximate surface area is 180 Å². The Bertz CT molecular complexity index is 946. The average molecular weight is 461 g/mol. The van der Waals surface area contributed by atoms with Gasteiger partial charge in [-0.2, -0.15) is 26.3 Å². The number of methoxy groups -OCH3 is 1. The molecule has 0 aliphatic carbocycles. The normalized spacial score (nSPS) is 12.9. The summed E-state index contributed by atoms with van der Waals surface area (Å²) in [7, 11) is 1.11. The minimum atomic E-state index is -5.02. The van der Waals surface area contributed by atoms with Gasteiger partial charge >= 0.3 is 18.3 Å². The van der Waals surface area contributed by atoms with E-state index in [1.54, 1.807) is 26.0 Å². The van der Waals surface area contributed by atoms with Crippen LogP contribution in [0.25, 0.3) is 0 Å². The number of esters is 1. The van der Waals surface area contributed by atoms with Crippen LogP contribution in [0.5, 0.6) is 0 Å². The number of amides is 1. The number of rotatable bonds is 6. The molecule has 0 heterocycles. The zero-order valence-corrected chi connectivity index (χ0v) is 17.4. The van der Waals surface area contributed by atoms with Gasteiger partial charge in [-0.15, -0.1) is 0 Å². The van der Waals surface area contributed by atoms with Crippen LogP contribution in [0, 0.1) is 13.8 Å². The molecule has 1 N–H and O–H groups in total. The number of benzene rings is 2. The Hall–Kier alpha value is -3.04. The number of alkyl halides is 6. The lowest BCUT2D eigenvalue weighted by Crippen LogP contribution is -2.44. The van der Waals surface area contributed by atoms with Crippen molar-refractivity contribution in [3.63, 3.8) is 0 Å². The van der Waals surface area contributed by atoms with Crippen LogP contribution in [0.3, 0.4) is 0 Å².